The average molecular weight is 499 g/mol. The van der Waals surface area contributed by atoms with Crippen LogP contribution in [0.5, 0.6) is 23.0 Å². The molecule has 0 amide bonds. The van der Waals surface area contributed by atoms with Crippen LogP contribution in [0.2, 0.25) is 0 Å². The molecule has 0 aromatic heterocycles. The van der Waals surface area contributed by atoms with Gasteiger partial charge in [0.15, 0.2) is 23.0 Å². The number of fused-ring (bicyclic) bond motifs is 2. The van der Waals surface area contributed by atoms with E-state index in [1.807, 2.05) is 24.3 Å². The van der Waals surface area contributed by atoms with Crippen LogP contribution in [-0.2, 0) is 6.61 Å². The first kappa shape index (κ1) is 27.9. The standard InChI is InChI=1S/C30H42O6/c31-23-25-13-15-27-29(21-25)35-19-11-7-3-4-8-12-20-36-30-22-26(24-32)14-16-28(30)34-18-10-6-2-1-5-9-17-33-27/h13-16,21-23,32H,1-12,17-20,24H2. The van der Waals surface area contributed by atoms with Gasteiger partial charge in [0.2, 0.25) is 0 Å². The van der Waals surface area contributed by atoms with Crippen molar-refractivity contribution in [3.05, 3.63) is 47.5 Å². The van der Waals surface area contributed by atoms with Crippen molar-refractivity contribution in [3.63, 3.8) is 0 Å². The number of aliphatic hydroxyl groups is 1. The highest BCUT2D eigenvalue weighted by Gasteiger charge is 2.09. The minimum atomic E-state index is -0.00473. The summed E-state index contributed by atoms with van der Waals surface area (Å²) in [7, 11) is 0. The van der Waals surface area contributed by atoms with Crippen LogP contribution in [0, 0.1) is 0 Å². The molecule has 0 saturated carbocycles. The number of benzene rings is 2. The number of rotatable bonds is 2. The van der Waals surface area contributed by atoms with Crippen LogP contribution >= 0.6 is 0 Å². The fraction of sp³-hybridized carbons (Fsp3) is 0.567. The summed E-state index contributed by atoms with van der Waals surface area (Å²) in [4.78, 5) is 11.2. The third-order valence-corrected chi connectivity index (χ3v) is 6.40. The fourth-order valence-electron chi connectivity index (χ4n) is 4.26. The van der Waals surface area contributed by atoms with E-state index in [1.165, 1.54) is 6.42 Å². The van der Waals surface area contributed by atoms with Gasteiger partial charge in [-0.15, -0.1) is 0 Å². The molecule has 1 aliphatic heterocycles. The molecule has 1 aliphatic rings. The molecule has 0 spiro atoms. The van der Waals surface area contributed by atoms with Gasteiger partial charge in [-0.05, 0) is 61.6 Å². The molecular weight excluding hydrogens is 456 g/mol. The van der Waals surface area contributed by atoms with Crippen LogP contribution in [0.1, 0.15) is 93.0 Å². The van der Waals surface area contributed by atoms with Crippen molar-refractivity contribution in [2.45, 2.75) is 83.7 Å². The fourth-order valence-corrected chi connectivity index (χ4v) is 4.26. The zero-order valence-corrected chi connectivity index (χ0v) is 21.6. The molecule has 0 radical (unpaired) electrons. The van der Waals surface area contributed by atoms with Crippen LogP contribution in [-0.4, -0.2) is 37.8 Å². The Hall–Kier alpha value is -2.73. The summed E-state index contributed by atoms with van der Waals surface area (Å²) in [6.07, 6.45) is 13.9. The lowest BCUT2D eigenvalue weighted by atomic mass is 10.1. The van der Waals surface area contributed by atoms with E-state index in [1.54, 1.807) is 12.1 Å². The van der Waals surface area contributed by atoms with Gasteiger partial charge < -0.3 is 24.1 Å². The zero-order chi connectivity index (χ0) is 25.3. The Kier molecular flexibility index (Phi) is 13.0. The van der Waals surface area contributed by atoms with Crippen molar-refractivity contribution in [3.8, 4) is 23.0 Å². The molecule has 0 bridgehead atoms. The Labute approximate surface area is 215 Å². The summed E-state index contributed by atoms with van der Waals surface area (Å²) in [5, 5.41) is 9.48. The normalized spacial score (nSPS) is 17.5. The Morgan fingerprint density at radius 1 is 0.556 bits per heavy atom. The maximum Gasteiger partial charge on any atom is 0.161 e. The van der Waals surface area contributed by atoms with E-state index in [9.17, 15) is 9.90 Å². The Morgan fingerprint density at radius 3 is 1.44 bits per heavy atom. The van der Waals surface area contributed by atoms with E-state index in [0.29, 0.717) is 37.7 Å². The molecule has 2 aromatic rings. The molecule has 6 nitrogen and oxygen atoms in total. The van der Waals surface area contributed by atoms with Crippen LogP contribution in [0.4, 0.5) is 0 Å². The van der Waals surface area contributed by atoms with Gasteiger partial charge in [-0.3, -0.25) is 4.79 Å². The summed E-state index contributed by atoms with van der Waals surface area (Å²) in [6, 6.07) is 11.1. The first-order valence-electron chi connectivity index (χ1n) is 13.6. The molecule has 0 fully saturated rings. The van der Waals surface area contributed by atoms with Gasteiger partial charge in [0, 0.05) is 5.56 Å². The van der Waals surface area contributed by atoms with Gasteiger partial charge in [-0.1, -0.05) is 57.4 Å². The molecule has 3 rings (SSSR count). The maximum atomic E-state index is 11.2. The summed E-state index contributed by atoms with van der Waals surface area (Å²) >= 11 is 0. The van der Waals surface area contributed by atoms with Crippen molar-refractivity contribution < 1.29 is 28.8 Å². The molecular formula is C30H42O6. The Morgan fingerprint density at radius 2 is 0.972 bits per heavy atom. The monoisotopic (exact) mass is 498 g/mol. The first-order chi connectivity index (χ1) is 17.8. The Balaban J connectivity index is 1.51. The number of aldehydes is 1. The Bertz CT molecular complexity index is 897. The average Bonchev–Trinajstić information content (AvgIpc) is 2.91. The number of carbonyl (C=O) groups excluding carboxylic acids is 1. The number of ether oxygens (including phenoxy) is 4. The number of hydrogen-bond donors (Lipinski definition) is 1. The lowest BCUT2D eigenvalue weighted by molar-refractivity contribution is 0.112. The molecule has 36 heavy (non-hydrogen) atoms. The van der Waals surface area contributed by atoms with Crippen LogP contribution < -0.4 is 18.9 Å². The highest BCUT2D eigenvalue weighted by Crippen LogP contribution is 2.30. The molecule has 0 atom stereocenters. The molecule has 0 aliphatic carbocycles. The summed E-state index contributed by atoms with van der Waals surface area (Å²) < 4.78 is 24.0. The van der Waals surface area contributed by atoms with Gasteiger partial charge in [0.05, 0.1) is 33.0 Å². The third kappa shape index (κ3) is 10.1. The predicted octanol–water partition coefficient (Wildman–Crippen LogP) is 6.90. The predicted molar refractivity (Wildman–Crippen MR) is 142 cm³/mol. The van der Waals surface area contributed by atoms with E-state index in [4.69, 9.17) is 18.9 Å². The van der Waals surface area contributed by atoms with Crippen molar-refractivity contribution in [2.75, 3.05) is 26.4 Å². The van der Waals surface area contributed by atoms with E-state index in [0.717, 1.165) is 99.7 Å². The van der Waals surface area contributed by atoms with Gasteiger partial charge in [0.1, 0.15) is 6.29 Å². The highest BCUT2D eigenvalue weighted by atomic mass is 16.5. The molecule has 6 heteroatoms. The second kappa shape index (κ2) is 16.9. The third-order valence-electron chi connectivity index (χ3n) is 6.40. The summed E-state index contributed by atoms with van der Waals surface area (Å²) in [6.45, 7) is 2.56. The molecule has 1 N–H and O–H groups in total. The second-order valence-corrected chi connectivity index (χ2v) is 9.40. The van der Waals surface area contributed by atoms with E-state index in [2.05, 4.69) is 0 Å². The van der Waals surface area contributed by atoms with Crippen molar-refractivity contribution in [1.82, 2.24) is 0 Å². The summed E-state index contributed by atoms with van der Waals surface area (Å²) in [5.41, 5.74) is 1.44. The van der Waals surface area contributed by atoms with E-state index < -0.39 is 0 Å². The van der Waals surface area contributed by atoms with Gasteiger partial charge >= 0.3 is 0 Å². The second-order valence-electron chi connectivity index (χ2n) is 9.40. The summed E-state index contributed by atoms with van der Waals surface area (Å²) in [5.74, 6) is 2.87. The molecule has 1 heterocycles. The quantitative estimate of drug-likeness (QED) is 0.454. The number of aliphatic hydroxyl groups excluding tert-OH is 1. The lowest BCUT2D eigenvalue weighted by Crippen LogP contribution is -2.04. The number of hydrogen-bond acceptors (Lipinski definition) is 6. The van der Waals surface area contributed by atoms with Crippen LogP contribution in [0.15, 0.2) is 36.4 Å². The van der Waals surface area contributed by atoms with Gasteiger partial charge in [-0.25, -0.2) is 0 Å². The largest absolute Gasteiger partial charge is 0.490 e. The first-order valence-corrected chi connectivity index (χ1v) is 13.6. The minimum absolute atomic E-state index is 0.00473. The molecule has 198 valence electrons. The van der Waals surface area contributed by atoms with E-state index >= 15 is 0 Å². The van der Waals surface area contributed by atoms with Crippen molar-refractivity contribution in [1.29, 1.82) is 0 Å². The molecule has 0 unspecified atom stereocenters. The molecule has 0 saturated heterocycles. The lowest BCUT2D eigenvalue weighted by Gasteiger charge is -2.14. The smallest absolute Gasteiger partial charge is 0.161 e. The highest BCUT2D eigenvalue weighted by molar-refractivity contribution is 5.76. The topological polar surface area (TPSA) is 74.2 Å². The maximum absolute atomic E-state index is 11.2. The van der Waals surface area contributed by atoms with Crippen LogP contribution in [0.3, 0.4) is 0 Å². The van der Waals surface area contributed by atoms with Crippen molar-refractivity contribution >= 4 is 6.29 Å². The van der Waals surface area contributed by atoms with Gasteiger partial charge in [0.25, 0.3) is 0 Å². The van der Waals surface area contributed by atoms with Gasteiger partial charge in [-0.2, -0.15) is 0 Å². The van der Waals surface area contributed by atoms with E-state index in [-0.39, 0.29) is 6.61 Å². The number of carbonyl (C=O) groups is 1. The molecule has 2 aromatic carbocycles. The SMILES string of the molecule is O=Cc1ccc2c(c1)OCCCCCCCCOc1cc(CO)ccc1OCCCCCCCCO2. The van der Waals surface area contributed by atoms with Crippen LogP contribution in [0.25, 0.3) is 0 Å². The van der Waals surface area contributed by atoms with Crippen molar-refractivity contribution in [2.24, 2.45) is 0 Å². The minimum Gasteiger partial charge on any atom is -0.490 e. The zero-order valence-electron chi connectivity index (χ0n) is 21.6.